The van der Waals surface area contributed by atoms with E-state index < -0.39 is 0 Å². The second-order valence-corrected chi connectivity index (χ2v) is 6.88. The van der Waals surface area contributed by atoms with Gasteiger partial charge in [0.05, 0.1) is 6.54 Å². The number of halogens is 2. The Kier molecular flexibility index (Phi) is 5.66. The molecular formula is C14H21Br2N3. The van der Waals surface area contributed by atoms with Gasteiger partial charge in [-0.3, -0.25) is 0 Å². The number of hydrogen-bond donors (Lipinski definition) is 1. The summed E-state index contributed by atoms with van der Waals surface area (Å²) < 4.78 is 2.20. The summed E-state index contributed by atoms with van der Waals surface area (Å²) in [4.78, 5) is 0. The molecule has 5 heteroatoms. The lowest BCUT2D eigenvalue weighted by atomic mass is 10.00. The summed E-state index contributed by atoms with van der Waals surface area (Å²) >= 11 is 7.17. The third kappa shape index (κ3) is 3.70. The van der Waals surface area contributed by atoms with Crippen LogP contribution in [-0.4, -0.2) is 23.4 Å². The first-order valence-electron chi connectivity index (χ1n) is 7.01. The molecule has 0 spiro atoms. The Balaban J connectivity index is 1.98. The molecule has 1 N–H and O–H groups in total. The lowest BCUT2D eigenvalue weighted by molar-refractivity contribution is 0.173. The van der Waals surface area contributed by atoms with E-state index in [9.17, 15) is 0 Å². The maximum absolute atomic E-state index is 4.69. The van der Waals surface area contributed by atoms with Gasteiger partial charge in [-0.05, 0) is 40.4 Å². The molecule has 1 heterocycles. The highest BCUT2D eigenvalue weighted by molar-refractivity contribution is 9.12. The molecule has 0 aromatic carbocycles. The van der Waals surface area contributed by atoms with Crippen LogP contribution >= 0.6 is 31.9 Å². The van der Waals surface area contributed by atoms with Gasteiger partial charge in [-0.1, -0.05) is 49.0 Å². The van der Waals surface area contributed by atoms with Crippen LogP contribution in [0.15, 0.2) is 26.2 Å². The number of nitrogens with zero attached hydrogens (tertiary/aromatic N) is 2. The minimum Gasteiger partial charge on any atom is -0.228 e. The van der Waals surface area contributed by atoms with Crippen molar-refractivity contribution in [3.05, 3.63) is 21.1 Å². The summed E-state index contributed by atoms with van der Waals surface area (Å²) in [6.45, 7) is 5.50. The first-order chi connectivity index (χ1) is 9.15. The number of hydrazone groups is 1. The molecule has 3 nitrogen and oxygen atoms in total. The van der Waals surface area contributed by atoms with E-state index in [2.05, 4.69) is 57.2 Å². The van der Waals surface area contributed by atoms with E-state index in [4.69, 9.17) is 5.10 Å². The predicted molar refractivity (Wildman–Crippen MR) is 88.4 cm³/mol. The quantitative estimate of drug-likeness (QED) is 0.731. The number of unbranched alkanes of at least 4 members (excludes halogenated alkanes) is 1. The molecule has 0 bridgehead atoms. The molecule has 0 aromatic heterocycles. The van der Waals surface area contributed by atoms with E-state index in [1.54, 1.807) is 0 Å². The van der Waals surface area contributed by atoms with Crippen molar-refractivity contribution in [2.75, 3.05) is 6.54 Å². The second-order valence-electron chi connectivity index (χ2n) is 5.11. The third-order valence-electron chi connectivity index (χ3n) is 3.66. The number of hydrazine groups is 1. The molecule has 19 heavy (non-hydrogen) atoms. The lowest BCUT2D eigenvalue weighted by Gasteiger charge is -2.23. The number of fused-ring (bicyclic) bond motifs is 1. The molecule has 1 aliphatic carbocycles. The smallest absolute Gasteiger partial charge is 0.104 e. The largest absolute Gasteiger partial charge is 0.228 e. The molecule has 2 aliphatic rings. The standard InChI is InChI=1S/C14H21Br2N3/c1-3-5-6-10(4-2)9-19-17-13-11(15)7-8-12(16)14(13)18-19/h7-8,10,13,17H,3-6,9H2,1-2H3. The van der Waals surface area contributed by atoms with Crippen molar-refractivity contribution in [3.8, 4) is 0 Å². The average Bonchev–Trinajstić information content (AvgIpc) is 2.84. The summed E-state index contributed by atoms with van der Waals surface area (Å²) in [6, 6.07) is 0.169. The molecule has 0 saturated carbocycles. The molecule has 2 rings (SSSR count). The van der Waals surface area contributed by atoms with Crippen molar-refractivity contribution < 1.29 is 0 Å². The van der Waals surface area contributed by atoms with Crippen LogP contribution in [0.25, 0.3) is 0 Å². The Labute approximate surface area is 132 Å². The second kappa shape index (κ2) is 7.04. The minimum atomic E-state index is 0.169. The molecule has 0 fully saturated rings. The molecule has 0 radical (unpaired) electrons. The highest BCUT2D eigenvalue weighted by Gasteiger charge is 2.32. The van der Waals surface area contributed by atoms with Gasteiger partial charge in [-0.15, -0.1) is 0 Å². The fraction of sp³-hybridized carbons (Fsp3) is 0.643. The van der Waals surface area contributed by atoms with Gasteiger partial charge in [0.2, 0.25) is 0 Å². The minimum absolute atomic E-state index is 0.169. The monoisotopic (exact) mass is 389 g/mol. The van der Waals surface area contributed by atoms with Crippen molar-refractivity contribution in [1.82, 2.24) is 10.5 Å². The summed E-state index contributed by atoms with van der Waals surface area (Å²) in [5, 5.41) is 6.70. The summed E-state index contributed by atoms with van der Waals surface area (Å²) in [7, 11) is 0. The molecule has 0 aromatic rings. The van der Waals surface area contributed by atoms with E-state index in [0.717, 1.165) is 21.2 Å². The van der Waals surface area contributed by atoms with Crippen LogP contribution in [0.1, 0.15) is 39.5 Å². The van der Waals surface area contributed by atoms with Crippen LogP contribution in [0.4, 0.5) is 0 Å². The Morgan fingerprint density at radius 3 is 2.79 bits per heavy atom. The van der Waals surface area contributed by atoms with Crippen molar-refractivity contribution in [1.29, 1.82) is 0 Å². The Morgan fingerprint density at radius 1 is 1.37 bits per heavy atom. The van der Waals surface area contributed by atoms with Crippen molar-refractivity contribution in [2.24, 2.45) is 11.0 Å². The van der Waals surface area contributed by atoms with Crippen LogP contribution < -0.4 is 5.43 Å². The summed E-state index contributed by atoms with van der Waals surface area (Å²) in [5.41, 5.74) is 4.53. The van der Waals surface area contributed by atoms with Gasteiger partial charge >= 0.3 is 0 Å². The van der Waals surface area contributed by atoms with Gasteiger partial charge < -0.3 is 0 Å². The molecule has 1 aliphatic heterocycles. The highest BCUT2D eigenvalue weighted by Crippen LogP contribution is 2.29. The van der Waals surface area contributed by atoms with Gasteiger partial charge in [0.25, 0.3) is 0 Å². The van der Waals surface area contributed by atoms with Gasteiger partial charge in [0, 0.05) is 8.96 Å². The molecule has 2 unspecified atom stereocenters. The number of hydrogen-bond acceptors (Lipinski definition) is 3. The van der Waals surface area contributed by atoms with Gasteiger partial charge in [-0.25, -0.2) is 10.5 Å². The zero-order chi connectivity index (χ0) is 13.8. The van der Waals surface area contributed by atoms with Crippen molar-refractivity contribution in [2.45, 2.75) is 45.6 Å². The number of allylic oxidation sites excluding steroid dienone is 2. The van der Waals surface area contributed by atoms with Crippen LogP contribution in [0.5, 0.6) is 0 Å². The van der Waals surface area contributed by atoms with E-state index in [1.165, 1.54) is 25.7 Å². The summed E-state index contributed by atoms with van der Waals surface area (Å²) in [6.07, 6.45) is 9.18. The molecule has 106 valence electrons. The highest BCUT2D eigenvalue weighted by atomic mass is 79.9. The molecule has 2 atom stereocenters. The SMILES string of the molecule is CCCCC(CC)CN1N=C2C(Br)=CC=C(Br)C2N1. The summed E-state index contributed by atoms with van der Waals surface area (Å²) in [5.74, 6) is 0.711. The van der Waals surface area contributed by atoms with E-state index in [1.807, 2.05) is 11.2 Å². The average molecular weight is 391 g/mol. The van der Waals surface area contributed by atoms with E-state index in [-0.39, 0.29) is 6.04 Å². The molecule has 0 saturated heterocycles. The first-order valence-corrected chi connectivity index (χ1v) is 8.59. The molecule has 0 amide bonds. The number of rotatable bonds is 6. The molecular weight excluding hydrogens is 370 g/mol. The first kappa shape index (κ1) is 15.3. The fourth-order valence-corrected chi connectivity index (χ4v) is 3.29. The Morgan fingerprint density at radius 2 is 2.16 bits per heavy atom. The van der Waals surface area contributed by atoms with Crippen LogP contribution in [0, 0.1) is 5.92 Å². The zero-order valence-corrected chi connectivity index (χ0v) is 14.7. The zero-order valence-electron chi connectivity index (χ0n) is 11.5. The van der Waals surface area contributed by atoms with Gasteiger partial charge in [0.1, 0.15) is 11.8 Å². The van der Waals surface area contributed by atoms with Gasteiger partial charge in [0.15, 0.2) is 0 Å². The third-order valence-corrected chi connectivity index (χ3v) is 5.06. The normalized spacial score (nSPS) is 23.7. The fourth-order valence-electron chi connectivity index (χ4n) is 2.39. The Bertz CT molecular complexity index is 415. The Hall–Kier alpha value is -0.130. The van der Waals surface area contributed by atoms with E-state index >= 15 is 0 Å². The van der Waals surface area contributed by atoms with Crippen LogP contribution in [-0.2, 0) is 0 Å². The topological polar surface area (TPSA) is 27.6 Å². The predicted octanol–water partition coefficient (Wildman–Crippen LogP) is 4.32. The maximum atomic E-state index is 4.69. The van der Waals surface area contributed by atoms with Crippen molar-refractivity contribution >= 4 is 37.6 Å². The number of nitrogens with one attached hydrogen (secondary N) is 1. The maximum Gasteiger partial charge on any atom is 0.104 e. The lowest BCUT2D eigenvalue weighted by Crippen LogP contribution is -2.40. The van der Waals surface area contributed by atoms with Crippen LogP contribution in [0.2, 0.25) is 0 Å². The van der Waals surface area contributed by atoms with Gasteiger partial charge in [-0.2, -0.15) is 5.10 Å². The van der Waals surface area contributed by atoms with E-state index in [0.29, 0.717) is 5.92 Å². The van der Waals surface area contributed by atoms with Crippen LogP contribution in [0.3, 0.4) is 0 Å². The van der Waals surface area contributed by atoms with Crippen molar-refractivity contribution in [3.63, 3.8) is 0 Å².